The lowest BCUT2D eigenvalue weighted by molar-refractivity contribution is 0.101. The van der Waals surface area contributed by atoms with Gasteiger partial charge in [0.05, 0.1) is 16.7 Å². The number of aromatic nitrogens is 4. The van der Waals surface area contributed by atoms with E-state index in [1.807, 2.05) is 31.3 Å². The van der Waals surface area contributed by atoms with Crippen molar-refractivity contribution in [3.05, 3.63) is 41.5 Å². The first kappa shape index (κ1) is 16.2. The summed E-state index contributed by atoms with van der Waals surface area (Å²) in [6, 6.07) is 7.64. The van der Waals surface area contributed by atoms with Gasteiger partial charge in [0.1, 0.15) is 11.5 Å². The van der Waals surface area contributed by atoms with E-state index in [1.165, 1.54) is 0 Å². The molecule has 126 valence electrons. The molecule has 0 bridgehead atoms. The number of aryl methyl sites for hydroxylation is 3. The van der Waals surface area contributed by atoms with Crippen molar-refractivity contribution in [1.29, 1.82) is 0 Å². The summed E-state index contributed by atoms with van der Waals surface area (Å²) in [5, 5.41) is 7.33. The van der Waals surface area contributed by atoms with E-state index in [-0.39, 0.29) is 11.8 Å². The van der Waals surface area contributed by atoms with Gasteiger partial charge in [-0.05, 0) is 30.2 Å². The highest BCUT2D eigenvalue weighted by molar-refractivity contribution is 6.04. The molecule has 0 spiro atoms. The summed E-state index contributed by atoms with van der Waals surface area (Å²) in [6.07, 6.45) is 0.875. The molecule has 0 aliphatic rings. The minimum Gasteiger partial charge on any atom is -0.331 e. The fraction of sp³-hybridized carbons (Fsp3) is 0.389. The number of carbonyl (C=O) groups is 1. The smallest absolute Gasteiger partial charge is 0.273 e. The van der Waals surface area contributed by atoms with E-state index in [9.17, 15) is 4.79 Å². The minimum atomic E-state index is -0.164. The lowest BCUT2D eigenvalue weighted by Gasteiger charge is -2.05. The van der Waals surface area contributed by atoms with Crippen LogP contribution in [-0.2, 0) is 20.5 Å². The van der Waals surface area contributed by atoms with E-state index in [2.05, 4.69) is 40.7 Å². The Morgan fingerprint density at radius 3 is 2.62 bits per heavy atom. The molecule has 3 aromatic rings. The van der Waals surface area contributed by atoms with E-state index in [0.29, 0.717) is 5.69 Å². The fourth-order valence-corrected chi connectivity index (χ4v) is 2.82. The second kappa shape index (κ2) is 6.11. The third-order valence-corrected chi connectivity index (χ3v) is 4.27. The van der Waals surface area contributed by atoms with Crippen molar-refractivity contribution >= 4 is 22.6 Å². The Hall–Kier alpha value is -2.63. The van der Waals surface area contributed by atoms with Crippen molar-refractivity contribution in [3.63, 3.8) is 0 Å². The molecule has 2 aromatic heterocycles. The second-order valence-electron chi connectivity index (χ2n) is 6.33. The molecule has 1 N–H and O–H groups in total. The van der Waals surface area contributed by atoms with Gasteiger partial charge in [0.2, 0.25) is 0 Å². The molecule has 1 aromatic carbocycles. The second-order valence-corrected chi connectivity index (χ2v) is 6.33. The maximum Gasteiger partial charge on any atom is 0.273 e. The number of rotatable bonds is 4. The summed E-state index contributed by atoms with van der Waals surface area (Å²) < 4.78 is 3.70. The van der Waals surface area contributed by atoms with Gasteiger partial charge in [0, 0.05) is 26.2 Å². The van der Waals surface area contributed by atoms with Crippen LogP contribution in [0.2, 0.25) is 0 Å². The first-order valence-corrected chi connectivity index (χ1v) is 8.21. The van der Waals surface area contributed by atoms with Crippen molar-refractivity contribution in [2.45, 2.75) is 33.1 Å². The normalized spacial score (nSPS) is 11.4. The Morgan fingerprint density at radius 2 is 2.00 bits per heavy atom. The van der Waals surface area contributed by atoms with Crippen molar-refractivity contribution in [2.75, 3.05) is 5.32 Å². The monoisotopic (exact) mass is 325 g/mol. The number of imidazole rings is 1. The van der Waals surface area contributed by atoms with Crippen molar-refractivity contribution < 1.29 is 4.79 Å². The van der Waals surface area contributed by atoms with Gasteiger partial charge < -0.3 is 9.88 Å². The zero-order chi connectivity index (χ0) is 17.4. The molecule has 24 heavy (non-hydrogen) atoms. The first-order valence-electron chi connectivity index (χ1n) is 8.21. The van der Waals surface area contributed by atoms with Gasteiger partial charge in [-0.25, -0.2) is 4.98 Å². The molecule has 0 fully saturated rings. The number of amides is 1. The predicted octanol–water partition coefficient (Wildman–Crippen LogP) is 3.24. The molecule has 0 aliphatic carbocycles. The van der Waals surface area contributed by atoms with Gasteiger partial charge in [-0.2, -0.15) is 5.10 Å². The van der Waals surface area contributed by atoms with Crippen molar-refractivity contribution in [3.8, 4) is 0 Å². The Kier molecular flexibility index (Phi) is 4.13. The van der Waals surface area contributed by atoms with E-state index >= 15 is 0 Å². The number of fused-ring (bicyclic) bond motifs is 1. The third-order valence-electron chi connectivity index (χ3n) is 4.27. The van der Waals surface area contributed by atoms with E-state index in [0.717, 1.165) is 34.7 Å². The van der Waals surface area contributed by atoms with Crippen LogP contribution in [0.5, 0.6) is 0 Å². The summed E-state index contributed by atoms with van der Waals surface area (Å²) in [4.78, 5) is 17.1. The van der Waals surface area contributed by atoms with Gasteiger partial charge in [0.25, 0.3) is 5.91 Å². The van der Waals surface area contributed by atoms with E-state index < -0.39 is 0 Å². The van der Waals surface area contributed by atoms with Gasteiger partial charge in [-0.3, -0.25) is 9.48 Å². The molecule has 0 saturated heterocycles. The van der Waals surface area contributed by atoms with Crippen molar-refractivity contribution in [1.82, 2.24) is 19.3 Å². The predicted molar refractivity (Wildman–Crippen MR) is 95.3 cm³/mol. The average Bonchev–Trinajstić information content (AvgIpc) is 3.08. The quantitative estimate of drug-likeness (QED) is 0.801. The summed E-state index contributed by atoms with van der Waals surface area (Å²) in [6.45, 7) is 6.20. The first-order chi connectivity index (χ1) is 11.4. The number of nitrogens with one attached hydrogen (secondary N) is 1. The van der Waals surface area contributed by atoms with Crippen LogP contribution in [0.3, 0.4) is 0 Å². The molecular weight excluding hydrogens is 302 g/mol. The standard InChI is InChI=1S/C18H23N5O/c1-6-17-20-14-9-12(7-8-15(14)22(17)4)19-18(24)16-10-13(11(2)3)21-23(16)5/h7-11H,6H2,1-5H3,(H,19,24). The Morgan fingerprint density at radius 1 is 1.25 bits per heavy atom. The summed E-state index contributed by atoms with van der Waals surface area (Å²) in [5.74, 6) is 1.15. The largest absolute Gasteiger partial charge is 0.331 e. The Labute approximate surface area is 141 Å². The molecule has 0 aliphatic heterocycles. The van der Waals surface area contributed by atoms with Gasteiger partial charge in [-0.15, -0.1) is 0 Å². The highest BCUT2D eigenvalue weighted by atomic mass is 16.2. The number of hydrogen-bond donors (Lipinski definition) is 1. The zero-order valence-electron chi connectivity index (χ0n) is 14.8. The van der Waals surface area contributed by atoms with Gasteiger partial charge in [-0.1, -0.05) is 20.8 Å². The summed E-state index contributed by atoms with van der Waals surface area (Å²) >= 11 is 0. The van der Waals surface area contributed by atoms with Crippen LogP contribution in [0, 0.1) is 0 Å². The van der Waals surface area contributed by atoms with Gasteiger partial charge in [0.15, 0.2) is 0 Å². The van der Waals surface area contributed by atoms with Crippen LogP contribution >= 0.6 is 0 Å². The molecular formula is C18H23N5O. The van der Waals surface area contributed by atoms with Crippen LogP contribution in [0.25, 0.3) is 11.0 Å². The number of anilines is 1. The SMILES string of the molecule is CCc1nc2cc(NC(=O)c3cc(C(C)C)nn3C)ccc2n1C. The summed E-state index contributed by atoms with van der Waals surface area (Å²) in [5.41, 5.74) is 4.15. The number of hydrogen-bond acceptors (Lipinski definition) is 3. The maximum absolute atomic E-state index is 12.5. The molecule has 0 atom stereocenters. The molecule has 2 heterocycles. The molecule has 6 nitrogen and oxygen atoms in total. The van der Waals surface area contributed by atoms with Crippen LogP contribution in [0.4, 0.5) is 5.69 Å². The van der Waals surface area contributed by atoms with Gasteiger partial charge >= 0.3 is 0 Å². The molecule has 0 unspecified atom stereocenters. The van der Waals surface area contributed by atoms with E-state index in [4.69, 9.17) is 0 Å². The lowest BCUT2D eigenvalue weighted by atomic mass is 10.1. The molecule has 0 radical (unpaired) electrons. The Bertz CT molecular complexity index is 904. The highest BCUT2D eigenvalue weighted by Crippen LogP contribution is 2.21. The number of carbonyl (C=O) groups excluding carboxylic acids is 1. The minimum absolute atomic E-state index is 0.164. The maximum atomic E-state index is 12.5. The molecule has 3 rings (SSSR count). The third kappa shape index (κ3) is 2.79. The zero-order valence-corrected chi connectivity index (χ0v) is 14.8. The lowest BCUT2D eigenvalue weighted by Crippen LogP contribution is -2.16. The van der Waals surface area contributed by atoms with Crippen LogP contribution in [-0.4, -0.2) is 25.2 Å². The van der Waals surface area contributed by atoms with Crippen LogP contribution in [0.15, 0.2) is 24.3 Å². The average molecular weight is 325 g/mol. The fourth-order valence-electron chi connectivity index (χ4n) is 2.82. The molecule has 1 amide bonds. The molecule has 6 heteroatoms. The number of benzene rings is 1. The van der Waals surface area contributed by atoms with Crippen LogP contribution in [0.1, 0.15) is 48.7 Å². The molecule has 0 saturated carbocycles. The van der Waals surface area contributed by atoms with Crippen LogP contribution < -0.4 is 5.32 Å². The summed E-state index contributed by atoms with van der Waals surface area (Å²) in [7, 11) is 3.80. The Balaban J connectivity index is 1.88. The highest BCUT2D eigenvalue weighted by Gasteiger charge is 2.16. The topological polar surface area (TPSA) is 64.7 Å². The van der Waals surface area contributed by atoms with E-state index in [1.54, 1.807) is 11.7 Å². The van der Waals surface area contributed by atoms with Crippen molar-refractivity contribution in [2.24, 2.45) is 14.1 Å². The number of nitrogens with zero attached hydrogens (tertiary/aromatic N) is 4.